The summed E-state index contributed by atoms with van der Waals surface area (Å²) in [6, 6.07) is 6.36. The van der Waals surface area contributed by atoms with Crippen LogP contribution in [0.25, 0.3) is 0 Å². The van der Waals surface area contributed by atoms with Gasteiger partial charge < -0.3 is 5.32 Å². The summed E-state index contributed by atoms with van der Waals surface area (Å²) in [5, 5.41) is 12.1. The third kappa shape index (κ3) is 5.84. The van der Waals surface area contributed by atoms with Gasteiger partial charge in [0.1, 0.15) is 0 Å². The van der Waals surface area contributed by atoms with E-state index < -0.39 is 10.0 Å². The van der Waals surface area contributed by atoms with Crippen LogP contribution in [-0.4, -0.2) is 37.0 Å². The predicted molar refractivity (Wildman–Crippen MR) is 91.4 cm³/mol. The van der Waals surface area contributed by atoms with Gasteiger partial charge in [0.05, 0.1) is 11.4 Å². The third-order valence-electron chi connectivity index (χ3n) is 3.12. The molecule has 0 aliphatic rings. The molecule has 0 radical (unpaired) electrons. The van der Waals surface area contributed by atoms with Crippen molar-refractivity contribution in [2.45, 2.75) is 31.1 Å². The fourth-order valence-corrected chi connectivity index (χ4v) is 3.68. The molecule has 1 rings (SSSR count). The molecule has 1 N–H and O–H groups in total. The van der Waals surface area contributed by atoms with Crippen LogP contribution in [0.5, 0.6) is 0 Å². The van der Waals surface area contributed by atoms with Gasteiger partial charge in [-0.3, -0.25) is 4.79 Å². The predicted octanol–water partition coefficient (Wildman–Crippen LogP) is 2.01. The van der Waals surface area contributed by atoms with Crippen LogP contribution in [0.3, 0.4) is 0 Å². The quantitative estimate of drug-likeness (QED) is 0.389. The van der Waals surface area contributed by atoms with Crippen molar-refractivity contribution >= 4 is 31.9 Å². The van der Waals surface area contributed by atoms with Gasteiger partial charge in [-0.05, 0) is 30.5 Å². The van der Waals surface area contributed by atoms with E-state index in [2.05, 4.69) is 21.2 Å². The summed E-state index contributed by atoms with van der Waals surface area (Å²) >= 11 is 3.13. The molecule has 1 aromatic rings. The van der Waals surface area contributed by atoms with Crippen molar-refractivity contribution in [2.24, 2.45) is 0 Å². The second-order valence-corrected chi connectivity index (χ2v) is 7.52. The molecule has 23 heavy (non-hydrogen) atoms. The molecule has 0 bridgehead atoms. The van der Waals surface area contributed by atoms with Gasteiger partial charge in [0.2, 0.25) is 5.91 Å². The van der Waals surface area contributed by atoms with Crippen molar-refractivity contribution in [3.63, 3.8) is 0 Å². The normalized spacial score (nSPS) is 10.8. The zero-order chi connectivity index (χ0) is 17.3. The van der Waals surface area contributed by atoms with Crippen LogP contribution in [0.1, 0.15) is 25.3 Å². The molecular formula is C15H20BrN3O3S. The second kappa shape index (κ2) is 9.53. The molecule has 6 nitrogen and oxygen atoms in total. The molecule has 0 unspecified atom stereocenters. The summed E-state index contributed by atoms with van der Waals surface area (Å²) < 4.78 is 25.3. The fraction of sp³-hybridized carbons (Fsp3) is 0.467. The minimum atomic E-state index is -3.80. The number of benzene rings is 1. The van der Waals surface area contributed by atoms with Crippen molar-refractivity contribution in [1.82, 2.24) is 9.62 Å². The number of carbonyl (C=O) groups is 1. The van der Waals surface area contributed by atoms with Gasteiger partial charge in [-0.15, -0.1) is 0 Å². The lowest BCUT2D eigenvalue weighted by molar-refractivity contribution is -0.121. The molecule has 0 heterocycles. The van der Waals surface area contributed by atoms with Gasteiger partial charge in [-0.25, -0.2) is 12.7 Å². The maximum atomic E-state index is 12.3. The van der Waals surface area contributed by atoms with Crippen LogP contribution in [-0.2, 0) is 21.2 Å². The van der Waals surface area contributed by atoms with Crippen LogP contribution in [0.15, 0.2) is 29.2 Å². The van der Waals surface area contributed by atoms with Crippen molar-refractivity contribution in [3.8, 4) is 6.19 Å². The number of nitrogens with one attached hydrogen (secondary N) is 1. The highest BCUT2D eigenvalue weighted by molar-refractivity contribution is 9.09. The highest BCUT2D eigenvalue weighted by Gasteiger charge is 2.22. The number of alkyl halides is 1. The SMILES string of the molecule is CCCC(=O)NCCc1ccc(S(=O)(=O)N(C#N)CCBr)cc1. The average Bonchev–Trinajstić information content (AvgIpc) is 2.53. The summed E-state index contributed by atoms with van der Waals surface area (Å²) in [5.41, 5.74) is 0.921. The number of rotatable bonds is 9. The Kier molecular flexibility index (Phi) is 8.06. The smallest absolute Gasteiger partial charge is 0.272 e. The Morgan fingerprint density at radius 3 is 2.52 bits per heavy atom. The second-order valence-electron chi connectivity index (χ2n) is 4.86. The van der Waals surface area contributed by atoms with Gasteiger partial charge in [-0.2, -0.15) is 5.26 Å². The highest BCUT2D eigenvalue weighted by Crippen LogP contribution is 2.16. The van der Waals surface area contributed by atoms with Crippen molar-refractivity contribution in [3.05, 3.63) is 29.8 Å². The molecule has 0 aromatic heterocycles. The summed E-state index contributed by atoms with van der Waals surface area (Å²) in [5.74, 6) is 0.0196. The fourth-order valence-electron chi connectivity index (χ4n) is 1.92. The number of carbonyl (C=O) groups excluding carboxylic acids is 1. The molecule has 1 aromatic carbocycles. The monoisotopic (exact) mass is 401 g/mol. The lowest BCUT2D eigenvalue weighted by Crippen LogP contribution is -2.28. The zero-order valence-corrected chi connectivity index (χ0v) is 15.4. The van der Waals surface area contributed by atoms with E-state index in [-0.39, 0.29) is 17.3 Å². The van der Waals surface area contributed by atoms with Gasteiger partial charge in [0.15, 0.2) is 6.19 Å². The molecule has 0 atom stereocenters. The van der Waals surface area contributed by atoms with Gasteiger partial charge >= 0.3 is 0 Å². The Morgan fingerprint density at radius 2 is 2.00 bits per heavy atom. The van der Waals surface area contributed by atoms with Crippen LogP contribution >= 0.6 is 15.9 Å². The van der Waals surface area contributed by atoms with E-state index in [4.69, 9.17) is 5.26 Å². The summed E-state index contributed by atoms with van der Waals surface area (Å²) in [6.45, 7) is 2.54. The highest BCUT2D eigenvalue weighted by atomic mass is 79.9. The molecule has 0 aliphatic heterocycles. The maximum Gasteiger partial charge on any atom is 0.272 e. The minimum absolute atomic E-state index is 0.0196. The standard InChI is InChI=1S/C15H20BrN3O3S/c1-2-3-15(20)18-10-8-13-4-6-14(7-5-13)23(21,22)19(12-17)11-9-16/h4-7H,2-3,8-11H2,1H3,(H,18,20). The average molecular weight is 402 g/mol. The van der Waals surface area contributed by atoms with E-state index >= 15 is 0 Å². The minimum Gasteiger partial charge on any atom is -0.356 e. The molecule has 1 amide bonds. The number of sulfonamides is 1. The molecule has 0 saturated heterocycles. The zero-order valence-electron chi connectivity index (χ0n) is 13.0. The van der Waals surface area contributed by atoms with E-state index in [9.17, 15) is 13.2 Å². The van der Waals surface area contributed by atoms with Crippen LogP contribution in [0, 0.1) is 11.5 Å². The molecule has 0 saturated carbocycles. The lowest BCUT2D eigenvalue weighted by Gasteiger charge is -2.14. The Labute approximate surface area is 145 Å². The number of nitriles is 1. The van der Waals surface area contributed by atoms with E-state index in [1.165, 1.54) is 12.1 Å². The van der Waals surface area contributed by atoms with Crippen LogP contribution in [0.2, 0.25) is 0 Å². The number of halogens is 1. The Morgan fingerprint density at radius 1 is 1.35 bits per heavy atom. The first-order chi connectivity index (χ1) is 11.0. The Hall–Kier alpha value is -1.59. The molecule has 0 spiro atoms. The third-order valence-corrected chi connectivity index (χ3v) is 5.19. The first-order valence-electron chi connectivity index (χ1n) is 7.29. The number of hydrogen-bond acceptors (Lipinski definition) is 4. The number of amides is 1. The van der Waals surface area contributed by atoms with Crippen molar-refractivity contribution < 1.29 is 13.2 Å². The van der Waals surface area contributed by atoms with Gasteiger partial charge in [0, 0.05) is 18.3 Å². The molecule has 0 aliphatic carbocycles. The van der Waals surface area contributed by atoms with E-state index in [0.29, 0.717) is 24.7 Å². The van der Waals surface area contributed by atoms with E-state index in [0.717, 1.165) is 16.3 Å². The summed E-state index contributed by atoms with van der Waals surface area (Å²) in [4.78, 5) is 11.4. The van der Waals surface area contributed by atoms with Crippen LogP contribution < -0.4 is 5.32 Å². The van der Waals surface area contributed by atoms with Crippen molar-refractivity contribution in [1.29, 1.82) is 5.26 Å². The van der Waals surface area contributed by atoms with Gasteiger partial charge in [-0.1, -0.05) is 35.0 Å². The largest absolute Gasteiger partial charge is 0.356 e. The molecular weight excluding hydrogens is 382 g/mol. The topological polar surface area (TPSA) is 90.3 Å². The number of nitrogens with zero attached hydrogens (tertiary/aromatic N) is 2. The number of hydrogen-bond donors (Lipinski definition) is 1. The summed E-state index contributed by atoms with van der Waals surface area (Å²) in [7, 11) is -3.80. The maximum absolute atomic E-state index is 12.3. The molecule has 126 valence electrons. The first-order valence-corrected chi connectivity index (χ1v) is 9.86. The van der Waals surface area contributed by atoms with Gasteiger partial charge in [0.25, 0.3) is 10.0 Å². The van der Waals surface area contributed by atoms with Crippen molar-refractivity contribution in [2.75, 3.05) is 18.4 Å². The molecule has 0 fully saturated rings. The van der Waals surface area contributed by atoms with Crippen LogP contribution in [0.4, 0.5) is 0 Å². The lowest BCUT2D eigenvalue weighted by atomic mass is 10.1. The van der Waals surface area contributed by atoms with E-state index in [1.807, 2.05) is 6.92 Å². The Bertz CT molecular complexity index is 654. The molecule has 8 heteroatoms. The summed E-state index contributed by atoms with van der Waals surface area (Å²) in [6.07, 6.45) is 3.62. The first kappa shape index (κ1) is 19.5. The Balaban J connectivity index is 2.69. The van der Waals surface area contributed by atoms with E-state index in [1.54, 1.807) is 18.3 Å².